The molecular formula is C13H18N4O2S2. The molecule has 0 unspecified atom stereocenters. The summed E-state index contributed by atoms with van der Waals surface area (Å²) < 4.78 is 29.2. The Labute approximate surface area is 128 Å². The summed E-state index contributed by atoms with van der Waals surface area (Å²) >= 11 is 1.45. The molecule has 2 heterocycles. The van der Waals surface area contributed by atoms with Gasteiger partial charge in [-0.3, -0.25) is 9.40 Å². The number of aromatic nitrogens is 3. The normalized spacial score (nSPS) is 15.0. The summed E-state index contributed by atoms with van der Waals surface area (Å²) in [6, 6.07) is 0. The lowest BCUT2D eigenvalue weighted by Crippen LogP contribution is -2.14. The fourth-order valence-corrected chi connectivity index (χ4v) is 5.04. The van der Waals surface area contributed by atoms with Crippen LogP contribution in [0.5, 0.6) is 0 Å². The van der Waals surface area contributed by atoms with Crippen molar-refractivity contribution < 1.29 is 8.42 Å². The van der Waals surface area contributed by atoms with E-state index in [2.05, 4.69) is 14.8 Å². The molecule has 0 saturated carbocycles. The molecule has 0 radical (unpaired) electrons. The molecule has 8 heteroatoms. The summed E-state index contributed by atoms with van der Waals surface area (Å²) in [5.41, 5.74) is 1.69. The zero-order valence-corrected chi connectivity index (χ0v) is 13.7. The van der Waals surface area contributed by atoms with Crippen LogP contribution in [0.15, 0.2) is 11.1 Å². The fraction of sp³-hybridized carbons (Fsp3) is 0.538. The highest BCUT2D eigenvalue weighted by molar-refractivity contribution is 7.93. The van der Waals surface area contributed by atoms with Crippen LogP contribution in [0, 0.1) is 6.92 Å². The van der Waals surface area contributed by atoms with E-state index in [0.717, 1.165) is 31.4 Å². The first-order valence-electron chi connectivity index (χ1n) is 7.05. The Bertz CT molecular complexity index is 738. The minimum Gasteiger partial charge on any atom is -0.269 e. The van der Waals surface area contributed by atoms with Gasteiger partial charge in [-0.1, -0.05) is 0 Å². The Morgan fingerprint density at radius 2 is 2.14 bits per heavy atom. The second-order valence-corrected chi connectivity index (χ2v) is 7.85. The third-order valence-electron chi connectivity index (χ3n) is 3.71. The maximum absolute atomic E-state index is 12.5. The molecule has 2 aromatic heterocycles. The van der Waals surface area contributed by atoms with Crippen molar-refractivity contribution in [3.63, 3.8) is 0 Å². The zero-order valence-electron chi connectivity index (χ0n) is 12.1. The van der Waals surface area contributed by atoms with Gasteiger partial charge < -0.3 is 0 Å². The van der Waals surface area contributed by atoms with Crippen LogP contribution in [-0.4, -0.2) is 23.2 Å². The first kappa shape index (κ1) is 14.5. The van der Waals surface area contributed by atoms with Crippen molar-refractivity contribution >= 4 is 26.5 Å². The molecule has 6 nitrogen and oxygen atoms in total. The van der Waals surface area contributed by atoms with Crippen LogP contribution in [0.25, 0.3) is 0 Å². The van der Waals surface area contributed by atoms with Gasteiger partial charge in [-0.05, 0) is 39.5 Å². The predicted molar refractivity (Wildman–Crippen MR) is 82.2 cm³/mol. The molecular weight excluding hydrogens is 308 g/mol. The molecule has 0 aliphatic heterocycles. The van der Waals surface area contributed by atoms with Crippen molar-refractivity contribution in [2.75, 3.05) is 4.72 Å². The van der Waals surface area contributed by atoms with E-state index in [1.54, 1.807) is 11.6 Å². The molecule has 0 spiro atoms. The van der Waals surface area contributed by atoms with E-state index >= 15 is 0 Å². The molecule has 0 atom stereocenters. The van der Waals surface area contributed by atoms with Gasteiger partial charge in [0.25, 0.3) is 10.0 Å². The summed E-state index contributed by atoms with van der Waals surface area (Å²) in [5.74, 6) is 0. The molecule has 0 saturated heterocycles. The highest BCUT2D eigenvalue weighted by Gasteiger charge is 2.23. The first-order valence-corrected chi connectivity index (χ1v) is 9.35. The molecule has 1 N–H and O–H groups in total. The number of rotatable bonds is 4. The van der Waals surface area contributed by atoms with Crippen LogP contribution in [0.2, 0.25) is 0 Å². The molecule has 3 rings (SSSR count). The number of thiazole rings is 1. The fourth-order valence-electron chi connectivity index (χ4n) is 2.58. The summed E-state index contributed by atoms with van der Waals surface area (Å²) in [6.07, 6.45) is 5.63. The average molecular weight is 326 g/mol. The van der Waals surface area contributed by atoms with Crippen LogP contribution in [0.4, 0.5) is 5.13 Å². The number of hydrogen-bond acceptors (Lipinski definition) is 5. The summed E-state index contributed by atoms with van der Waals surface area (Å²) in [7, 11) is -3.62. The summed E-state index contributed by atoms with van der Waals surface area (Å²) in [5, 5.41) is 4.55. The van der Waals surface area contributed by atoms with E-state index in [9.17, 15) is 8.42 Å². The van der Waals surface area contributed by atoms with E-state index in [0.29, 0.717) is 17.4 Å². The maximum atomic E-state index is 12.5. The predicted octanol–water partition coefficient (Wildman–Crippen LogP) is 2.35. The third-order valence-corrected chi connectivity index (χ3v) is 6.36. The van der Waals surface area contributed by atoms with E-state index < -0.39 is 10.0 Å². The molecule has 0 bridgehead atoms. The minimum absolute atomic E-state index is 0.220. The van der Waals surface area contributed by atoms with Crippen molar-refractivity contribution in [1.82, 2.24) is 14.8 Å². The molecule has 1 aliphatic carbocycles. The second-order valence-electron chi connectivity index (χ2n) is 5.11. The van der Waals surface area contributed by atoms with Gasteiger partial charge in [-0.2, -0.15) is 5.10 Å². The lowest BCUT2D eigenvalue weighted by Gasteiger charge is -2.06. The third kappa shape index (κ3) is 2.69. The number of sulfonamides is 1. The summed E-state index contributed by atoms with van der Waals surface area (Å²) in [6.45, 7) is 4.34. The van der Waals surface area contributed by atoms with Gasteiger partial charge >= 0.3 is 0 Å². The van der Waals surface area contributed by atoms with Crippen molar-refractivity contribution in [1.29, 1.82) is 0 Å². The number of hydrogen-bond donors (Lipinski definition) is 1. The Morgan fingerprint density at radius 1 is 1.38 bits per heavy atom. The van der Waals surface area contributed by atoms with E-state index in [1.807, 2.05) is 6.92 Å². The molecule has 0 amide bonds. The Hall–Kier alpha value is -1.41. The number of aryl methyl sites for hydroxylation is 3. The Balaban J connectivity index is 1.89. The van der Waals surface area contributed by atoms with E-state index in [-0.39, 0.29) is 4.90 Å². The van der Waals surface area contributed by atoms with Crippen molar-refractivity contribution in [2.24, 2.45) is 0 Å². The van der Waals surface area contributed by atoms with Crippen molar-refractivity contribution in [3.8, 4) is 0 Å². The molecule has 1 aliphatic rings. The van der Waals surface area contributed by atoms with Gasteiger partial charge in [0.1, 0.15) is 4.90 Å². The van der Waals surface area contributed by atoms with Crippen LogP contribution in [0.3, 0.4) is 0 Å². The standard InChI is InChI=1S/C13H18N4O2S2/c1-3-17-9(2)12(8-14-17)21(18,19)16-13-15-10-6-4-5-7-11(10)20-13/h8H,3-7H2,1-2H3,(H,15,16). The van der Waals surface area contributed by atoms with Crippen LogP contribution < -0.4 is 4.72 Å². The highest BCUT2D eigenvalue weighted by Crippen LogP contribution is 2.31. The SMILES string of the molecule is CCn1ncc(S(=O)(=O)Nc2nc3c(s2)CCCC3)c1C. The molecule has 114 valence electrons. The number of fused-ring (bicyclic) bond motifs is 1. The van der Waals surface area contributed by atoms with Crippen molar-refractivity contribution in [3.05, 3.63) is 22.5 Å². The van der Waals surface area contributed by atoms with Gasteiger partial charge in [-0.25, -0.2) is 13.4 Å². The van der Waals surface area contributed by atoms with E-state index in [4.69, 9.17) is 0 Å². The van der Waals surface area contributed by atoms with E-state index in [1.165, 1.54) is 22.4 Å². The number of nitrogens with one attached hydrogen (secondary N) is 1. The topological polar surface area (TPSA) is 76.9 Å². The quantitative estimate of drug-likeness (QED) is 0.935. The van der Waals surface area contributed by atoms with Gasteiger partial charge in [0, 0.05) is 11.4 Å². The minimum atomic E-state index is -3.62. The lowest BCUT2D eigenvalue weighted by atomic mass is 10.0. The smallest absolute Gasteiger partial charge is 0.267 e. The van der Waals surface area contributed by atoms with Crippen LogP contribution in [-0.2, 0) is 29.4 Å². The largest absolute Gasteiger partial charge is 0.269 e. The summed E-state index contributed by atoms with van der Waals surface area (Å²) in [4.78, 5) is 5.85. The van der Waals surface area contributed by atoms with Gasteiger partial charge in [0.2, 0.25) is 0 Å². The Kier molecular flexibility index (Phi) is 3.75. The van der Waals surface area contributed by atoms with Gasteiger partial charge in [-0.15, -0.1) is 11.3 Å². The van der Waals surface area contributed by atoms with Gasteiger partial charge in [0.05, 0.1) is 17.6 Å². The highest BCUT2D eigenvalue weighted by atomic mass is 32.2. The maximum Gasteiger partial charge on any atom is 0.267 e. The van der Waals surface area contributed by atoms with Crippen molar-refractivity contribution in [2.45, 2.75) is 51.0 Å². The second kappa shape index (κ2) is 5.42. The van der Waals surface area contributed by atoms with Crippen LogP contribution >= 0.6 is 11.3 Å². The number of nitrogens with zero attached hydrogens (tertiary/aromatic N) is 3. The molecule has 0 fully saturated rings. The Morgan fingerprint density at radius 3 is 2.81 bits per heavy atom. The molecule has 2 aromatic rings. The first-order chi connectivity index (χ1) is 10.0. The van der Waals surface area contributed by atoms with Gasteiger partial charge in [0.15, 0.2) is 5.13 Å². The molecule has 0 aromatic carbocycles. The monoisotopic (exact) mass is 326 g/mol. The lowest BCUT2D eigenvalue weighted by molar-refractivity contribution is 0.598. The number of anilines is 1. The molecule has 21 heavy (non-hydrogen) atoms. The average Bonchev–Trinajstić information content (AvgIpc) is 3.00. The zero-order chi connectivity index (χ0) is 15.0. The van der Waals surface area contributed by atoms with Crippen LogP contribution in [0.1, 0.15) is 36.0 Å².